The predicted octanol–water partition coefficient (Wildman–Crippen LogP) is 3.83. The highest BCUT2D eigenvalue weighted by atomic mass is 16.6. The maximum Gasteiger partial charge on any atom is 0.414 e. The van der Waals surface area contributed by atoms with Crippen LogP contribution < -0.4 is 20.1 Å². The molecule has 0 radical (unpaired) electrons. The molecule has 3 rings (SSSR count). The van der Waals surface area contributed by atoms with E-state index in [0.29, 0.717) is 22.7 Å². The molecule has 160 valence electrons. The van der Waals surface area contributed by atoms with Gasteiger partial charge in [0.1, 0.15) is 11.5 Å². The van der Waals surface area contributed by atoms with Crippen molar-refractivity contribution in [3.63, 3.8) is 0 Å². The van der Waals surface area contributed by atoms with Gasteiger partial charge in [0.25, 0.3) is 0 Å². The molecule has 0 unspecified atom stereocenters. The van der Waals surface area contributed by atoms with Crippen molar-refractivity contribution in [2.24, 2.45) is 0 Å². The fourth-order valence-corrected chi connectivity index (χ4v) is 3.41. The van der Waals surface area contributed by atoms with E-state index in [1.807, 2.05) is 45.0 Å². The van der Waals surface area contributed by atoms with E-state index in [1.54, 1.807) is 14.1 Å². The molecule has 0 fully saturated rings. The van der Waals surface area contributed by atoms with Crippen LogP contribution in [0.3, 0.4) is 0 Å². The lowest BCUT2D eigenvalue weighted by Crippen LogP contribution is -2.34. The number of fused-ring (bicyclic) bond motifs is 1. The second-order valence-corrected chi connectivity index (χ2v) is 8.12. The number of phenolic OH excluding ortho intramolecular Hbond substituents is 1. The Kier molecular flexibility index (Phi) is 5.78. The number of carbonyl (C=O) groups excluding carboxylic acids is 2. The molecule has 1 heterocycles. The van der Waals surface area contributed by atoms with Crippen molar-refractivity contribution in [3.05, 3.63) is 41.5 Å². The molecule has 2 aromatic rings. The van der Waals surface area contributed by atoms with Crippen LogP contribution in [0.15, 0.2) is 30.3 Å². The molecule has 0 atom stereocenters. The van der Waals surface area contributed by atoms with Crippen LogP contribution in [-0.2, 0) is 10.2 Å². The van der Waals surface area contributed by atoms with Crippen LogP contribution in [0.25, 0.3) is 0 Å². The number of nitrogens with one attached hydrogen (secondary N) is 2. The zero-order chi connectivity index (χ0) is 22.1. The summed E-state index contributed by atoms with van der Waals surface area (Å²) < 4.78 is 11.2. The minimum absolute atomic E-state index is 0.0203. The Bertz CT molecular complexity index is 985. The number of rotatable bonds is 5. The third kappa shape index (κ3) is 4.27. The van der Waals surface area contributed by atoms with Gasteiger partial charge in [-0.05, 0) is 18.6 Å². The molecule has 0 bridgehead atoms. The van der Waals surface area contributed by atoms with Gasteiger partial charge in [-0.25, -0.2) is 4.79 Å². The highest BCUT2D eigenvalue weighted by molar-refractivity contribution is 5.99. The Morgan fingerprint density at radius 3 is 2.63 bits per heavy atom. The van der Waals surface area contributed by atoms with E-state index < -0.39 is 11.5 Å². The number of hydrogen-bond acceptors (Lipinski definition) is 6. The molecule has 1 aliphatic rings. The predicted molar refractivity (Wildman–Crippen MR) is 114 cm³/mol. The molecule has 0 aliphatic carbocycles. The topological polar surface area (TPSA) is 100 Å². The van der Waals surface area contributed by atoms with Crippen molar-refractivity contribution in [3.8, 4) is 17.2 Å². The number of aryl methyl sites for hydroxylation is 1. The maximum absolute atomic E-state index is 12.2. The van der Waals surface area contributed by atoms with Crippen LogP contribution in [0.4, 0.5) is 16.2 Å². The number of nitrogens with zero attached hydrogens (tertiary/aromatic N) is 1. The van der Waals surface area contributed by atoms with E-state index in [2.05, 4.69) is 10.6 Å². The average molecular weight is 413 g/mol. The fourth-order valence-electron chi connectivity index (χ4n) is 3.41. The molecule has 2 amide bonds. The Labute approximate surface area is 175 Å². The molecule has 3 N–H and O–H groups in total. The van der Waals surface area contributed by atoms with Gasteiger partial charge in [-0.3, -0.25) is 4.79 Å². The zero-order valence-electron chi connectivity index (χ0n) is 17.8. The molecule has 0 saturated carbocycles. The number of anilines is 2. The minimum atomic E-state index is -0.657. The van der Waals surface area contributed by atoms with E-state index in [1.165, 1.54) is 11.0 Å². The zero-order valence-corrected chi connectivity index (χ0v) is 17.8. The van der Waals surface area contributed by atoms with Crippen LogP contribution in [0, 0.1) is 6.92 Å². The van der Waals surface area contributed by atoms with Crippen LogP contribution in [0.5, 0.6) is 17.2 Å². The van der Waals surface area contributed by atoms with E-state index in [-0.39, 0.29) is 30.6 Å². The van der Waals surface area contributed by atoms with Gasteiger partial charge < -0.3 is 30.1 Å². The second kappa shape index (κ2) is 8.14. The standard InChI is InChI=1S/C22H27N3O5/c1-13-8-6-7-9-15(13)29-12-23-14-10-16(30-21(28)25(4)5)19-18(20(14)27)22(2,3)11-17(26)24-19/h6-10,23,27H,11-12H2,1-5H3,(H,24,26). The summed E-state index contributed by atoms with van der Waals surface area (Å²) >= 11 is 0. The Morgan fingerprint density at radius 1 is 1.27 bits per heavy atom. The Hall–Kier alpha value is -3.42. The first kappa shape index (κ1) is 21.3. The van der Waals surface area contributed by atoms with Gasteiger partial charge in [-0.2, -0.15) is 0 Å². The van der Waals surface area contributed by atoms with Crippen molar-refractivity contribution < 1.29 is 24.2 Å². The monoisotopic (exact) mass is 413 g/mol. The summed E-state index contributed by atoms with van der Waals surface area (Å²) in [6.45, 7) is 5.74. The number of ether oxygens (including phenoxy) is 2. The van der Waals surface area contributed by atoms with E-state index in [4.69, 9.17) is 9.47 Å². The van der Waals surface area contributed by atoms with Gasteiger partial charge in [0.05, 0.1) is 11.4 Å². The third-order valence-electron chi connectivity index (χ3n) is 4.95. The summed E-state index contributed by atoms with van der Waals surface area (Å²) in [5, 5.41) is 16.7. The number of carbonyl (C=O) groups is 2. The summed E-state index contributed by atoms with van der Waals surface area (Å²) in [6, 6.07) is 9.08. The van der Waals surface area contributed by atoms with Crippen molar-refractivity contribution in [1.82, 2.24) is 4.90 Å². The maximum atomic E-state index is 12.2. The van der Waals surface area contributed by atoms with Crippen molar-refractivity contribution in [2.45, 2.75) is 32.6 Å². The molecule has 1 aliphatic heterocycles. The van der Waals surface area contributed by atoms with Gasteiger partial charge in [0.2, 0.25) is 5.91 Å². The molecule has 30 heavy (non-hydrogen) atoms. The minimum Gasteiger partial charge on any atom is -0.505 e. The number of phenols is 1. The largest absolute Gasteiger partial charge is 0.505 e. The molecule has 0 aromatic heterocycles. The van der Waals surface area contributed by atoms with Crippen LogP contribution >= 0.6 is 0 Å². The molecule has 0 spiro atoms. The number of benzene rings is 2. The van der Waals surface area contributed by atoms with E-state index >= 15 is 0 Å². The number of amides is 2. The molecule has 0 saturated heterocycles. The van der Waals surface area contributed by atoms with E-state index in [0.717, 1.165) is 5.56 Å². The second-order valence-electron chi connectivity index (χ2n) is 8.12. The van der Waals surface area contributed by atoms with E-state index in [9.17, 15) is 14.7 Å². The molecule has 2 aromatic carbocycles. The normalized spacial score (nSPS) is 14.4. The highest BCUT2D eigenvalue weighted by Crippen LogP contribution is 2.50. The first-order valence-electron chi connectivity index (χ1n) is 9.62. The van der Waals surface area contributed by atoms with Crippen LogP contribution in [-0.4, -0.2) is 42.8 Å². The van der Waals surface area contributed by atoms with Crippen LogP contribution in [0.2, 0.25) is 0 Å². The number of aromatic hydroxyl groups is 1. The summed E-state index contributed by atoms with van der Waals surface area (Å²) in [7, 11) is 3.12. The number of hydrogen-bond donors (Lipinski definition) is 3. The SMILES string of the molecule is Cc1ccccc1OCNc1cc(OC(=O)N(C)C)c2c(c1O)C(C)(C)CC(=O)N2. The molecule has 8 nitrogen and oxygen atoms in total. The van der Waals surface area contributed by atoms with Crippen molar-refractivity contribution >= 4 is 23.4 Å². The lowest BCUT2D eigenvalue weighted by Gasteiger charge is -2.34. The summed E-state index contributed by atoms with van der Waals surface area (Å²) in [4.78, 5) is 25.6. The molecular weight excluding hydrogens is 386 g/mol. The fraction of sp³-hybridized carbons (Fsp3) is 0.364. The van der Waals surface area contributed by atoms with Crippen LogP contribution in [0.1, 0.15) is 31.4 Å². The quantitative estimate of drug-likeness (QED) is 0.509. The Morgan fingerprint density at radius 2 is 1.97 bits per heavy atom. The van der Waals surface area contributed by atoms with Crippen molar-refractivity contribution in [1.29, 1.82) is 0 Å². The average Bonchev–Trinajstić information content (AvgIpc) is 2.65. The van der Waals surface area contributed by atoms with Gasteiger partial charge in [0, 0.05) is 37.6 Å². The number of para-hydroxylation sites is 1. The third-order valence-corrected chi connectivity index (χ3v) is 4.95. The first-order valence-corrected chi connectivity index (χ1v) is 9.62. The summed E-state index contributed by atoms with van der Waals surface area (Å²) in [6.07, 6.45) is -0.403. The molecular formula is C22H27N3O5. The van der Waals surface area contributed by atoms with Gasteiger partial charge in [-0.1, -0.05) is 32.0 Å². The smallest absolute Gasteiger partial charge is 0.414 e. The Balaban J connectivity index is 1.96. The lowest BCUT2D eigenvalue weighted by atomic mass is 9.77. The summed E-state index contributed by atoms with van der Waals surface area (Å²) in [5.74, 6) is 0.640. The lowest BCUT2D eigenvalue weighted by molar-refractivity contribution is -0.117. The van der Waals surface area contributed by atoms with Gasteiger partial charge in [0.15, 0.2) is 12.5 Å². The van der Waals surface area contributed by atoms with Crippen molar-refractivity contribution in [2.75, 3.05) is 31.5 Å². The van der Waals surface area contributed by atoms with Gasteiger partial charge in [-0.15, -0.1) is 0 Å². The highest BCUT2D eigenvalue weighted by Gasteiger charge is 2.38. The van der Waals surface area contributed by atoms with Gasteiger partial charge >= 0.3 is 6.09 Å². The summed E-state index contributed by atoms with van der Waals surface area (Å²) in [5.41, 5.74) is 1.47. The molecule has 8 heteroatoms. The first-order chi connectivity index (χ1) is 14.1.